The van der Waals surface area contributed by atoms with Crippen molar-refractivity contribution >= 4 is 34.0 Å². The van der Waals surface area contributed by atoms with Gasteiger partial charge in [0, 0.05) is 12.0 Å². The Morgan fingerprint density at radius 1 is 1.04 bits per heavy atom. The molecule has 0 aliphatic carbocycles. The summed E-state index contributed by atoms with van der Waals surface area (Å²) in [5.41, 5.74) is 5.21. The largest absolute Gasteiger partial charge is 0.296 e. The van der Waals surface area contributed by atoms with Crippen LogP contribution >= 0.6 is 23.0 Å². The van der Waals surface area contributed by atoms with E-state index in [9.17, 15) is 4.61 Å². The maximum absolute atomic E-state index is 9.48. The van der Waals surface area contributed by atoms with Crippen LogP contribution in [0.5, 0.6) is 0 Å². The van der Waals surface area contributed by atoms with Gasteiger partial charge in [-0.15, -0.1) is 0 Å². The summed E-state index contributed by atoms with van der Waals surface area (Å²) in [7, 11) is 0. The molecule has 0 aliphatic heterocycles. The first-order valence-electron chi connectivity index (χ1n) is 8.40. The van der Waals surface area contributed by atoms with Crippen LogP contribution in [0.15, 0.2) is 71.6 Å². The first-order valence-corrected chi connectivity index (χ1v) is 9.55. The van der Waals surface area contributed by atoms with E-state index in [4.69, 9.17) is 16.6 Å². The highest BCUT2D eigenvalue weighted by atomic mass is 35.5. The van der Waals surface area contributed by atoms with Crippen LogP contribution in [-0.4, -0.2) is 9.55 Å². The molecule has 0 saturated carbocycles. The van der Waals surface area contributed by atoms with Gasteiger partial charge >= 0.3 is 0 Å². The standard InChI is InChI=1S/C21H16ClN3S/c1-2-21-24-17-8-4-6-10-19(17)25(21)18-9-5-3-7-15(18)14-11-12-16(22)20(13-14)26-23/h3-13H,2H2,1H3. The van der Waals surface area contributed by atoms with Gasteiger partial charge in [0.15, 0.2) is 0 Å². The lowest BCUT2D eigenvalue weighted by Crippen LogP contribution is -2.02. The maximum atomic E-state index is 9.48. The molecule has 3 aromatic carbocycles. The second kappa shape index (κ2) is 6.93. The molecule has 5 heteroatoms. The van der Waals surface area contributed by atoms with Gasteiger partial charge in [0.2, 0.25) is 0 Å². The quantitative estimate of drug-likeness (QED) is 0.410. The number of aryl methyl sites for hydroxylation is 1. The molecule has 0 spiro atoms. The van der Waals surface area contributed by atoms with Crippen LogP contribution in [0.3, 0.4) is 0 Å². The molecule has 0 bridgehead atoms. The zero-order valence-corrected chi connectivity index (χ0v) is 15.8. The van der Waals surface area contributed by atoms with Crippen molar-refractivity contribution in [3.8, 4) is 16.8 Å². The highest BCUT2D eigenvalue weighted by Gasteiger charge is 2.15. The zero-order chi connectivity index (χ0) is 18.1. The number of rotatable bonds is 3. The third-order valence-electron chi connectivity index (χ3n) is 4.43. The average Bonchev–Trinajstić information content (AvgIpc) is 3.07. The normalized spacial score (nSPS) is 11.0. The van der Waals surface area contributed by atoms with E-state index >= 15 is 0 Å². The van der Waals surface area contributed by atoms with Gasteiger partial charge in [-0.25, -0.2) is 4.98 Å². The number of aromatic nitrogens is 2. The number of benzene rings is 3. The first kappa shape index (κ1) is 16.8. The molecule has 1 aromatic heterocycles. The summed E-state index contributed by atoms with van der Waals surface area (Å²) in [5.74, 6) is 1.02. The number of halogens is 1. The monoisotopic (exact) mass is 377 g/mol. The van der Waals surface area contributed by atoms with Gasteiger partial charge < -0.3 is 0 Å². The van der Waals surface area contributed by atoms with Crippen molar-refractivity contribution in [3.63, 3.8) is 0 Å². The zero-order valence-electron chi connectivity index (χ0n) is 14.2. The van der Waals surface area contributed by atoms with Crippen LogP contribution < -0.4 is 0 Å². The minimum absolute atomic E-state index is 0.543. The second-order valence-corrected chi connectivity index (χ2v) is 6.99. The second-order valence-electron chi connectivity index (χ2n) is 5.96. The number of hydrogen-bond donors (Lipinski definition) is 0. The Morgan fingerprint density at radius 3 is 2.62 bits per heavy atom. The molecule has 0 aliphatic rings. The molecule has 3 nitrogen and oxygen atoms in total. The van der Waals surface area contributed by atoms with Gasteiger partial charge in [0.05, 0.1) is 38.0 Å². The van der Waals surface area contributed by atoms with Crippen LogP contribution in [-0.2, 0) is 6.42 Å². The van der Waals surface area contributed by atoms with Crippen LogP contribution in [0.25, 0.3) is 27.8 Å². The van der Waals surface area contributed by atoms with Crippen LogP contribution in [0.4, 0.5) is 0 Å². The smallest absolute Gasteiger partial charge is 0.114 e. The Bertz CT molecular complexity index is 1160. The number of para-hydroxylation sites is 3. The van der Waals surface area contributed by atoms with Crippen molar-refractivity contribution in [2.24, 2.45) is 0 Å². The van der Waals surface area contributed by atoms with Gasteiger partial charge in [-0.1, -0.05) is 54.9 Å². The molecule has 0 amide bonds. The minimum Gasteiger partial charge on any atom is -0.296 e. The molecule has 1 heterocycles. The predicted molar refractivity (Wildman–Crippen MR) is 108 cm³/mol. The molecular formula is C21H16ClN3S. The molecule has 0 atom stereocenters. The van der Waals surface area contributed by atoms with E-state index in [1.807, 2.05) is 48.5 Å². The number of hydrogen-bond acceptors (Lipinski definition) is 2. The fourth-order valence-corrected chi connectivity index (χ4v) is 3.79. The maximum Gasteiger partial charge on any atom is 0.114 e. The third-order valence-corrected chi connectivity index (χ3v) is 5.41. The van der Waals surface area contributed by atoms with E-state index in [-0.39, 0.29) is 0 Å². The summed E-state index contributed by atoms with van der Waals surface area (Å²) in [6.45, 7) is 2.11. The number of nitrogens with zero attached hydrogens (tertiary/aromatic N) is 3. The van der Waals surface area contributed by atoms with Crippen molar-refractivity contribution in [3.05, 3.63) is 77.6 Å². The lowest BCUT2D eigenvalue weighted by Gasteiger charge is -2.14. The van der Waals surface area contributed by atoms with E-state index in [0.29, 0.717) is 21.3 Å². The molecule has 0 unspecified atom stereocenters. The lowest BCUT2D eigenvalue weighted by atomic mass is 10.0. The van der Waals surface area contributed by atoms with Crippen LogP contribution in [0.1, 0.15) is 12.7 Å². The van der Waals surface area contributed by atoms with Gasteiger partial charge in [-0.05, 0) is 35.9 Å². The minimum atomic E-state index is 0.543. The van der Waals surface area contributed by atoms with Crippen molar-refractivity contribution in [2.75, 3.05) is 0 Å². The Balaban J connectivity index is 2.00. The third kappa shape index (κ3) is 2.78. The summed E-state index contributed by atoms with van der Waals surface area (Å²) in [6.07, 6.45) is 0.835. The molecule has 0 N–H and O–H groups in total. The van der Waals surface area contributed by atoms with E-state index in [1.54, 1.807) is 0 Å². The summed E-state index contributed by atoms with van der Waals surface area (Å²) in [6, 6.07) is 22.1. The fourth-order valence-electron chi connectivity index (χ4n) is 3.24. The van der Waals surface area contributed by atoms with Crippen molar-refractivity contribution in [1.29, 1.82) is 4.61 Å². The summed E-state index contributed by atoms with van der Waals surface area (Å²) in [5, 5.41) is 0.543. The molecule has 4 aromatic rings. The predicted octanol–water partition coefficient (Wildman–Crippen LogP) is 6.48. The Labute approximate surface area is 160 Å². The molecule has 128 valence electrons. The topological polar surface area (TPSA) is 41.6 Å². The van der Waals surface area contributed by atoms with E-state index < -0.39 is 0 Å². The summed E-state index contributed by atoms with van der Waals surface area (Å²) >= 11 is 6.82. The molecule has 0 radical (unpaired) electrons. The highest BCUT2D eigenvalue weighted by molar-refractivity contribution is 7.85. The van der Waals surface area contributed by atoms with Gasteiger partial charge in [-0.3, -0.25) is 4.57 Å². The summed E-state index contributed by atoms with van der Waals surface area (Å²) < 4.78 is 11.7. The summed E-state index contributed by atoms with van der Waals surface area (Å²) in [4.78, 5) is 5.43. The average molecular weight is 378 g/mol. The van der Waals surface area contributed by atoms with Crippen LogP contribution in [0, 0.1) is 4.61 Å². The SMILES string of the molecule is CCc1nc2ccccc2n1-c1ccccc1-c1ccc(Cl)c(S#N)c1. The van der Waals surface area contributed by atoms with E-state index in [0.717, 1.165) is 40.1 Å². The van der Waals surface area contributed by atoms with Crippen molar-refractivity contribution in [2.45, 2.75) is 18.2 Å². The Morgan fingerprint density at radius 2 is 1.81 bits per heavy atom. The first-order chi connectivity index (χ1) is 12.7. The van der Waals surface area contributed by atoms with Gasteiger partial charge in [0.1, 0.15) is 5.82 Å². The number of fused-ring (bicyclic) bond motifs is 1. The molecule has 0 saturated heterocycles. The Hall–Kier alpha value is -2.65. The van der Waals surface area contributed by atoms with Gasteiger partial charge in [0.25, 0.3) is 0 Å². The van der Waals surface area contributed by atoms with Crippen LogP contribution in [0.2, 0.25) is 5.02 Å². The fraction of sp³-hybridized carbons (Fsp3) is 0.0952. The molecule has 0 fully saturated rings. The highest BCUT2D eigenvalue weighted by Crippen LogP contribution is 2.34. The van der Waals surface area contributed by atoms with Crippen molar-refractivity contribution in [1.82, 2.24) is 9.55 Å². The van der Waals surface area contributed by atoms with Gasteiger partial charge in [-0.2, -0.15) is 4.61 Å². The van der Waals surface area contributed by atoms with E-state index in [2.05, 4.69) is 29.7 Å². The lowest BCUT2D eigenvalue weighted by molar-refractivity contribution is 0.909. The van der Waals surface area contributed by atoms with E-state index in [1.165, 1.54) is 0 Å². The molecule has 26 heavy (non-hydrogen) atoms. The number of imidazole rings is 1. The van der Waals surface area contributed by atoms with Crippen molar-refractivity contribution < 1.29 is 0 Å². The Kier molecular flexibility index (Phi) is 4.48. The molecule has 4 rings (SSSR count). The molecular weight excluding hydrogens is 362 g/mol.